The van der Waals surface area contributed by atoms with Crippen molar-refractivity contribution in [2.75, 3.05) is 0 Å². The molecule has 2 aliphatic carbocycles. The first kappa shape index (κ1) is 16.0. The summed E-state index contributed by atoms with van der Waals surface area (Å²) >= 11 is 0. The molecule has 0 aromatic heterocycles. The molecule has 0 aromatic rings. The summed E-state index contributed by atoms with van der Waals surface area (Å²) in [7, 11) is -1.75. The summed E-state index contributed by atoms with van der Waals surface area (Å²) in [5.74, 6) is 0.624. The Bertz CT molecular complexity index is 433. The van der Waals surface area contributed by atoms with Gasteiger partial charge in [0.15, 0.2) is 14.1 Å². The van der Waals surface area contributed by atoms with E-state index in [1.165, 1.54) is 0 Å². The second-order valence-corrected chi connectivity index (χ2v) is 13.2. The molecule has 0 aromatic carbocycles. The van der Waals surface area contributed by atoms with Crippen LogP contribution in [0, 0.1) is 11.3 Å². The van der Waals surface area contributed by atoms with Crippen molar-refractivity contribution >= 4 is 14.1 Å². The van der Waals surface area contributed by atoms with Crippen molar-refractivity contribution in [2.45, 2.75) is 77.6 Å². The van der Waals surface area contributed by atoms with Gasteiger partial charge in [-0.25, -0.2) is 0 Å². The molecular weight excluding hydrogens is 264 g/mol. The molecule has 3 heteroatoms. The highest BCUT2D eigenvalue weighted by Gasteiger charge is 2.54. The molecular formula is C17H30O2Si. The van der Waals surface area contributed by atoms with E-state index in [2.05, 4.69) is 47.4 Å². The number of allylic oxidation sites excluding steroid dienone is 1. The predicted molar refractivity (Wildman–Crippen MR) is 86.3 cm³/mol. The molecule has 20 heavy (non-hydrogen) atoms. The molecule has 0 aliphatic heterocycles. The zero-order valence-electron chi connectivity index (χ0n) is 14.0. The molecule has 0 radical (unpaired) electrons. The first-order valence-corrected chi connectivity index (χ1v) is 10.8. The van der Waals surface area contributed by atoms with Crippen molar-refractivity contribution in [3.05, 3.63) is 12.2 Å². The SMILES string of the molecule is C=C1C(=O)CC[C@]2(C)[C@@H]1CC[C@H]2O[Si](C)(C)C(C)(C)C. The van der Waals surface area contributed by atoms with Crippen molar-refractivity contribution < 1.29 is 9.22 Å². The molecule has 2 saturated carbocycles. The molecule has 0 N–H and O–H groups in total. The minimum Gasteiger partial charge on any atom is -0.413 e. The molecule has 0 unspecified atom stereocenters. The Labute approximate surface area is 125 Å². The van der Waals surface area contributed by atoms with Gasteiger partial charge >= 0.3 is 0 Å². The van der Waals surface area contributed by atoms with Crippen molar-refractivity contribution in [3.8, 4) is 0 Å². The van der Waals surface area contributed by atoms with Gasteiger partial charge in [-0.05, 0) is 54.3 Å². The molecule has 2 nitrogen and oxygen atoms in total. The Kier molecular flexibility index (Phi) is 3.84. The fraction of sp³-hybridized carbons (Fsp3) is 0.824. The molecule has 0 amide bonds. The maximum atomic E-state index is 11.9. The number of Topliss-reactive ketones (excluding diaryl/α,β-unsaturated/α-hetero) is 1. The van der Waals surface area contributed by atoms with E-state index >= 15 is 0 Å². The maximum Gasteiger partial charge on any atom is 0.192 e. The minimum absolute atomic E-state index is 0.126. The average molecular weight is 295 g/mol. The Morgan fingerprint density at radius 1 is 1.30 bits per heavy atom. The molecule has 0 heterocycles. The highest BCUT2D eigenvalue weighted by molar-refractivity contribution is 6.74. The molecule has 0 spiro atoms. The number of rotatable bonds is 2. The minimum atomic E-state index is -1.75. The number of carbonyl (C=O) groups excluding carboxylic acids is 1. The van der Waals surface area contributed by atoms with Crippen LogP contribution in [-0.2, 0) is 9.22 Å². The van der Waals surface area contributed by atoms with Gasteiger partial charge in [-0.1, -0.05) is 34.3 Å². The summed E-state index contributed by atoms with van der Waals surface area (Å²) in [6.45, 7) is 17.9. The number of hydrogen-bond acceptors (Lipinski definition) is 2. The summed E-state index contributed by atoms with van der Waals surface area (Å²) in [5.41, 5.74) is 0.987. The third-order valence-corrected chi connectivity index (χ3v) is 10.6. The molecule has 2 aliphatic rings. The Hall–Kier alpha value is -0.413. The monoisotopic (exact) mass is 294 g/mol. The molecule has 3 atom stereocenters. The van der Waals surface area contributed by atoms with Gasteiger partial charge in [0.05, 0.1) is 6.10 Å². The van der Waals surface area contributed by atoms with Crippen LogP contribution in [-0.4, -0.2) is 20.2 Å². The van der Waals surface area contributed by atoms with Crippen LogP contribution in [0.2, 0.25) is 18.1 Å². The lowest BCUT2D eigenvalue weighted by Gasteiger charge is -2.46. The third kappa shape index (κ3) is 2.43. The van der Waals surface area contributed by atoms with E-state index in [4.69, 9.17) is 4.43 Å². The summed E-state index contributed by atoms with van der Waals surface area (Å²) in [6, 6.07) is 0. The van der Waals surface area contributed by atoms with Crippen molar-refractivity contribution in [1.82, 2.24) is 0 Å². The lowest BCUT2D eigenvalue weighted by molar-refractivity contribution is -0.119. The fourth-order valence-electron chi connectivity index (χ4n) is 3.57. The van der Waals surface area contributed by atoms with Gasteiger partial charge in [-0.15, -0.1) is 0 Å². The average Bonchev–Trinajstić information content (AvgIpc) is 2.61. The van der Waals surface area contributed by atoms with Crippen molar-refractivity contribution in [3.63, 3.8) is 0 Å². The summed E-state index contributed by atoms with van der Waals surface area (Å²) in [4.78, 5) is 11.9. The molecule has 0 saturated heterocycles. The van der Waals surface area contributed by atoms with E-state index in [0.29, 0.717) is 18.4 Å². The number of carbonyl (C=O) groups is 1. The topological polar surface area (TPSA) is 26.3 Å². The highest BCUT2D eigenvalue weighted by atomic mass is 28.4. The Balaban J connectivity index is 2.20. The Morgan fingerprint density at radius 3 is 2.45 bits per heavy atom. The van der Waals surface area contributed by atoms with E-state index in [-0.39, 0.29) is 16.2 Å². The predicted octanol–water partition coefficient (Wildman–Crippen LogP) is 4.71. The molecule has 2 fully saturated rings. The van der Waals surface area contributed by atoms with Gasteiger partial charge in [0, 0.05) is 6.42 Å². The molecule has 114 valence electrons. The van der Waals surface area contributed by atoms with Crippen molar-refractivity contribution in [1.29, 1.82) is 0 Å². The summed E-state index contributed by atoms with van der Waals surface area (Å²) in [6.07, 6.45) is 4.08. The summed E-state index contributed by atoms with van der Waals surface area (Å²) in [5, 5.41) is 0.239. The third-order valence-electron chi connectivity index (χ3n) is 6.16. The van der Waals surface area contributed by atoms with E-state index in [0.717, 1.165) is 24.8 Å². The van der Waals surface area contributed by atoms with Gasteiger partial charge in [-0.3, -0.25) is 4.79 Å². The quantitative estimate of drug-likeness (QED) is 0.544. The first-order chi connectivity index (χ1) is 8.99. The van der Waals surface area contributed by atoms with Gasteiger partial charge in [0.1, 0.15) is 0 Å². The highest BCUT2D eigenvalue weighted by Crippen LogP contribution is 2.55. The van der Waals surface area contributed by atoms with Crippen LogP contribution in [0.3, 0.4) is 0 Å². The second-order valence-electron chi connectivity index (χ2n) is 8.45. The lowest BCUT2D eigenvalue weighted by atomic mass is 9.66. The normalized spacial score (nSPS) is 35.3. The van der Waals surface area contributed by atoms with Crippen LogP contribution in [0.4, 0.5) is 0 Å². The lowest BCUT2D eigenvalue weighted by Crippen LogP contribution is -2.49. The van der Waals surface area contributed by atoms with E-state index < -0.39 is 8.32 Å². The largest absolute Gasteiger partial charge is 0.413 e. The smallest absolute Gasteiger partial charge is 0.192 e. The van der Waals surface area contributed by atoms with Crippen LogP contribution in [0.5, 0.6) is 0 Å². The number of fused-ring (bicyclic) bond motifs is 1. The number of hydrogen-bond donors (Lipinski definition) is 0. The van der Waals surface area contributed by atoms with E-state index in [1.807, 2.05) is 0 Å². The number of ketones is 1. The van der Waals surface area contributed by atoms with Gasteiger partial charge < -0.3 is 4.43 Å². The van der Waals surface area contributed by atoms with Crippen LogP contribution < -0.4 is 0 Å². The Morgan fingerprint density at radius 2 is 1.90 bits per heavy atom. The fourth-order valence-corrected chi connectivity index (χ4v) is 5.03. The zero-order valence-corrected chi connectivity index (χ0v) is 15.0. The van der Waals surface area contributed by atoms with Gasteiger partial charge in [-0.2, -0.15) is 0 Å². The molecule has 2 rings (SSSR count). The van der Waals surface area contributed by atoms with Gasteiger partial charge in [0.25, 0.3) is 0 Å². The first-order valence-electron chi connectivity index (χ1n) is 7.89. The van der Waals surface area contributed by atoms with Gasteiger partial charge in [0.2, 0.25) is 0 Å². The van der Waals surface area contributed by atoms with Crippen molar-refractivity contribution in [2.24, 2.45) is 11.3 Å². The standard InChI is InChI=1S/C17H30O2Si/c1-12-13-8-9-15(17(13,5)11-10-14(12)18)19-20(6,7)16(2,3)4/h13,15H,1,8-11H2,2-7H3/t13-,15-,17-/m1/s1. The second kappa shape index (κ2) is 4.81. The van der Waals surface area contributed by atoms with Crippen LogP contribution in [0.25, 0.3) is 0 Å². The zero-order chi connectivity index (χ0) is 15.3. The van der Waals surface area contributed by atoms with Crippen LogP contribution in [0.15, 0.2) is 12.2 Å². The van der Waals surface area contributed by atoms with Crippen LogP contribution in [0.1, 0.15) is 53.4 Å². The van der Waals surface area contributed by atoms with E-state index in [9.17, 15) is 4.79 Å². The molecule has 0 bridgehead atoms. The summed E-state index contributed by atoms with van der Waals surface area (Å²) < 4.78 is 6.71. The van der Waals surface area contributed by atoms with Crippen LogP contribution >= 0.6 is 0 Å². The van der Waals surface area contributed by atoms with E-state index in [1.54, 1.807) is 0 Å². The maximum absolute atomic E-state index is 11.9.